The third kappa shape index (κ3) is 3.37. The zero-order valence-electron chi connectivity index (χ0n) is 11.5. The van der Waals surface area contributed by atoms with Crippen LogP contribution < -0.4 is 11.6 Å². The number of aliphatic imine (C=N–C) groups is 1. The van der Waals surface area contributed by atoms with Gasteiger partial charge in [-0.05, 0) is 30.4 Å². The molecule has 8 nitrogen and oxygen atoms in total. The van der Waals surface area contributed by atoms with Crippen molar-refractivity contribution in [2.24, 2.45) is 21.7 Å². The molecule has 0 saturated heterocycles. The molecule has 0 saturated carbocycles. The molecule has 0 atom stereocenters. The van der Waals surface area contributed by atoms with Gasteiger partial charge in [0.05, 0.1) is 4.92 Å². The number of hydrogen-bond acceptors (Lipinski definition) is 4. The van der Waals surface area contributed by atoms with E-state index in [-0.39, 0.29) is 11.6 Å². The maximum atomic E-state index is 11.1. The number of nitro groups is 1. The van der Waals surface area contributed by atoms with E-state index in [2.05, 4.69) is 10.1 Å². The Hall–Kier alpha value is -3.42. The molecule has 0 fully saturated rings. The molecule has 4 N–H and O–H groups in total. The van der Waals surface area contributed by atoms with Gasteiger partial charge in [-0.15, -0.1) is 5.10 Å². The summed E-state index contributed by atoms with van der Waals surface area (Å²) in [5.41, 5.74) is 6.59. The largest absolute Gasteiger partial charge is 0.367 e. The standard InChI is InChI=1S/C14H14N6O2/c15-14(18-16)17-9-3-5-11-6-4-10-19(11)12-7-1-2-8-13(12)20(21)22/h1-10H,16H2,(H2,15,18)/b5-3+,17-9-. The second kappa shape index (κ2) is 6.84. The summed E-state index contributed by atoms with van der Waals surface area (Å²) in [6, 6.07) is 10.1. The Morgan fingerprint density at radius 3 is 2.77 bits per heavy atom. The minimum absolute atomic E-state index is 0.0292. The Morgan fingerprint density at radius 2 is 2.05 bits per heavy atom. The van der Waals surface area contributed by atoms with E-state index >= 15 is 0 Å². The van der Waals surface area contributed by atoms with Crippen LogP contribution in [0.25, 0.3) is 11.8 Å². The summed E-state index contributed by atoms with van der Waals surface area (Å²) in [5, 5.41) is 14.3. The van der Waals surface area contributed by atoms with Gasteiger partial charge in [-0.2, -0.15) is 0 Å². The number of guanidine groups is 1. The lowest BCUT2D eigenvalue weighted by Crippen LogP contribution is -2.10. The van der Waals surface area contributed by atoms with Gasteiger partial charge in [0.25, 0.3) is 5.69 Å². The van der Waals surface area contributed by atoms with Crippen LogP contribution in [0.4, 0.5) is 5.69 Å². The van der Waals surface area contributed by atoms with E-state index in [1.54, 1.807) is 47.2 Å². The number of para-hydroxylation sites is 2. The fourth-order valence-electron chi connectivity index (χ4n) is 1.87. The van der Waals surface area contributed by atoms with Gasteiger partial charge in [-0.1, -0.05) is 12.1 Å². The zero-order chi connectivity index (χ0) is 15.9. The van der Waals surface area contributed by atoms with Gasteiger partial charge in [0, 0.05) is 24.2 Å². The first-order valence-corrected chi connectivity index (χ1v) is 6.28. The molecule has 1 aromatic heterocycles. The van der Waals surface area contributed by atoms with Crippen molar-refractivity contribution in [3.63, 3.8) is 0 Å². The van der Waals surface area contributed by atoms with Gasteiger partial charge < -0.3 is 16.1 Å². The molecule has 0 aliphatic rings. The Kier molecular flexibility index (Phi) is 4.66. The molecule has 1 aromatic carbocycles. The van der Waals surface area contributed by atoms with Gasteiger partial charge >= 0.3 is 0 Å². The van der Waals surface area contributed by atoms with E-state index in [9.17, 15) is 10.1 Å². The molecule has 0 aliphatic heterocycles. The number of hydrogen-bond donors (Lipinski definition) is 2. The van der Waals surface area contributed by atoms with Crippen LogP contribution in [0, 0.1) is 10.1 Å². The summed E-state index contributed by atoms with van der Waals surface area (Å²) < 4.78 is 1.71. The monoisotopic (exact) mass is 298 g/mol. The lowest BCUT2D eigenvalue weighted by atomic mass is 10.2. The van der Waals surface area contributed by atoms with Crippen LogP contribution in [0.15, 0.2) is 58.8 Å². The smallest absolute Gasteiger partial charge is 0.293 e. The van der Waals surface area contributed by atoms with E-state index in [4.69, 9.17) is 11.6 Å². The number of benzene rings is 1. The van der Waals surface area contributed by atoms with Crippen molar-refractivity contribution < 1.29 is 4.92 Å². The van der Waals surface area contributed by atoms with Crippen LogP contribution in [0.1, 0.15) is 5.69 Å². The highest BCUT2D eigenvalue weighted by molar-refractivity contribution is 5.91. The Labute approximate surface area is 126 Å². The Morgan fingerprint density at radius 1 is 1.27 bits per heavy atom. The first-order valence-electron chi connectivity index (χ1n) is 6.28. The zero-order valence-corrected chi connectivity index (χ0v) is 11.5. The molecule has 2 aromatic rings. The fraction of sp³-hybridized carbons (Fsp3) is 0. The second-order valence-corrected chi connectivity index (χ2v) is 4.17. The molecule has 0 unspecified atom stereocenters. The van der Waals surface area contributed by atoms with Crippen LogP contribution in [0.2, 0.25) is 0 Å². The molecule has 1 heterocycles. The molecule has 0 spiro atoms. The minimum Gasteiger partial charge on any atom is -0.367 e. The number of hydrazone groups is 1. The van der Waals surface area contributed by atoms with Crippen LogP contribution in [0.5, 0.6) is 0 Å². The number of rotatable bonds is 4. The van der Waals surface area contributed by atoms with E-state index in [0.717, 1.165) is 5.69 Å². The molecular formula is C14H14N6O2. The topological polar surface area (TPSA) is 125 Å². The predicted molar refractivity (Wildman–Crippen MR) is 85.8 cm³/mol. The number of nitrogens with zero attached hydrogens (tertiary/aromatic N) is 4. The predicted octanol–water partition coefficient (Wildman–Crippen LogP) is 1.66. The van der Waals surface area contributed by atoms with Gasteiger partial charge in [-0.3, -0.25) is 10.1 Å². The van der Waals surface area contributed by atoms with Crippen molar-refractivity contribution in [3.8, 4) is 5.69 Å². The molecule has 2 rings (SSSR count). The van der Waals surface area contributed by atoms with Gasteiger partial charge in [0.1, 0.15) is 5.69 Å². The summed E-state index contributed by atoms with van der Waals surface area (Å²) in [6.07, 6.45) is 6.56. The van der Waals surface area contributed by atoms with Crippen LogP contribution in [-0.4, -0.2) is 21.7 Å². The second-order valence-electron chi connectivity index (χ2n) is 4.17. The fourth-order valence-corrected chi connectivity index (χ4v) is 1.87. The van der Waals surface area contributed by atoms with Crippen LogP contribution in [0.3, 0.4) is 0 Å². The third-order valence-corrected chi connectivity index (χ3v) is 2.81. The molecule has 0 amide bonds. The molecule has 22 heavy (non-hydrogen) atoms. The minimum atomic E-state index is -0.414. The van der Waals surface area contributed by atoms with E-state index in [1.165, 1.54) is 12.3 Å². The summed E-state index contributed by atoms with van der Waals surface area (Å²) in [6.45, 7) is 0. The van der Waals surface area contributed by atoms with Crippen molar-refractivity contribution in [3.05, 3.63) is 64.5 Å². The molecule has 112 valence electrons. The van der Waals surface area contributed by atoms with Gasteiger partial charge in [0.2, 0.25) is 5.96 Å². The molecule has 8 heteroatoms. The summed E-state index contributed by atoms with van der Waals surface area (Å²) in [5.74, 6) is 4.91. The van der Waals surface area contributed by atoms with E-state index < -0.39 is 4.92 Å². The normalized spacial score (nSPS) is 12.3. The molecule has 0 radical (unpaired) electrons. The van der Waals surface area contributed by atoms with Crippen LogP contribution >= 0.6 is 0 Å². The highest BCUT2D eigenvalue weighted by atomic mass is 16.6. The number of nitrogens with two attached hydrogens (primary N) is 2. The van der Waals surface area contributed by atoms with Crippen molar-refractivity contribution in [2.75, 3.05) is 0 Å². The van der Waals surface area contributed by atoms with Crippen LogP contribution in [-0.2, 0) is 0 Å². The van der Waals surface area contributed by atoms with Crippen molar-refractivity contribution >= 4 is 23.9 Å². The van der Waals surface area contributed by atoms with Crippen molar-refractivity contribution in [1.29, 1.82) is 0 Å². The average Bonchev–Trinajstić information content (AvgIpc) is 2.99. The quantitative estimate of drug-likeness (QED) is 0.293. The van der Waals surface area contributed by atoms with E-state index in [0.29, 0.717) is 5.69 Å². The summed E-state index contributed by atoms with van der Waals surface area (Å²) >= 11 is 0. The van der Waals surface area contributed by atoms with Gasteiger partial charge in [0.15, 0.2) is 0 Å². The Balaban J connectivity index is 2.33. The molecule has 0 bridgehead atoms. The van der Waals surface area contributed by atoms with Crippen molar-refractivity contribution in [2.45, 2.75) is 0 Å². The maximum Gasteiger partial charge on any atom is 0.293 e. The first-order chi connectivity index (χ1) is 10.6. The number of allylic oxidation sites excluding steroid dienone is 1. The third-order valence-electron chi connectivity index (χ3n) is 2.81. The maximum absolute atomic E-state index is 11.1. The number of aromatic nitrogens is 1. The lowest BCUT2D eigenvalue weighted by Gasteiger charge is -2.06. The lowest BCUT2D eigenvalue weighted by molar-refractivity contribution is -0.384. The summed E-state index contributed by atoms with van der Waals surface area (Å²) in [7, 11) is 0. The first kappa shape index (κ1) is 15.0. The van der Waals surface area contributed by atoms with Gasteiger partial charge in [-0.25, -0.2) is 4.99 Å². The molecule has 0 aliphatic carbocycles. The number of nitro benzene ring substituents is 1. The average molecular weight is 298 g/mol. The Bertz CT molecular complexity index is 760. The van der Waals surface area contributed by atoms with E-state index in [1.807, 2.05) is 6.07 Å². The molecular weight excluding hydrogens is 284 g/mol. The highest BCUT2D eigenvalue weighted by Gasteiger charge is 2.14. The highest BCUT2D eigenvalue weighted by Crippen LogP contribution is 2.24. The summed E-state index contributed by atoms with van der Waals surface area (Å²) in [4.78, 5) is 14.5. The van der Waals surface area contributed by atoms with Crippen molar-refractivity contribution in [1.82, 2.24) is 4.57 Å². The SMILES string of the molecule is N/N=C(N)/N=C\C=C\c1cccn1-c1ccccc1[N+](=O)[O-].